The van der Waals surface area contributed by atoms with E-state index in [4.69, 9.17) is 5.11 Å². The predicted octanol–water partition coefficient (Wildman–Crippen LogP) is 2.29. The topological polar surface area (TPSA) is 43.8 Å². The SMILES string of the molecule is O=C(CN(CCO)c1ccccc1)N1CCCC(C(F)(F)F)C1. The summed E-state index contributed by atoms with van der Waals surface area (Å²) in [5.74, 6) is -1.78. The number of amides is 1. The molecule has 0 spiro atoms. The second-order valence-electron chi connectivity index (χ2n) is 5.70. The normalized spacial score (nSPS) is 18.8. The highest BCUT2D eigenvalue weighted by Gasteiger charge is 2.42. The van der Waals surface area contributed by atoms with Crippen molar-refractivity contribution in [2.45, 2.75) is 19.0 Å². The third kappa shape index (κ3) is 4.86. The van der Waals surface area contributed by atoms with Crippen molar-refractivity contribution in [3.8, 4) is 0 Å². The fraction of sp³-hybridized carbons (Fsp3) is 0.562. The predicted molar refractivity (Wildman–Crippen MR) is 81.1 cm³/mol. The summed E-state index contributed by atoms with van der Waals surface area (Å²) >= 11 is 0. The Morgan fingerprint density at radius 1 is 1.30 bits per heavy atom. The van der Waals surface area contributed by atoms with Crippen LogP contribution in [0.3, 0.4) is 0 Å². The zero-order valence-electron chi connectivity index (χ0n) is 12.8. The molecule has 1 aliphatic rings. The van der Waals surface area contributed by atoms with Crippen LogP contribution in [0.25, 0.3) is 0 Å². The molecule has 1 aromatic rings. The Morgan fingerprint density at radius 3 is 2.61 bits per heavy atom. The number of likely N-dealkylation sites (tertiary alicyclic amines) is 1. The zero-order valence-corrected chi connectivity index (χ0v) is 12.8. The minimum atomic E-state index is -4.26. The first-order valence-electron chi connectivity index (χ1n) is 7.67. The summed E-state index contributed by atoms with van der Waals surface area (Å²) in [4.78, 5) is 15.3. The fourth-order valence-electron chi connectivity index (χ4n) is 2.79. The molecule has 1 unspecified atom stereocenters. The summed E-state index contributed by atoms with van der Waals surface area (Å²) in [5, 5.41) is 9.15. The van der Waals surface area contributed by atoms with Gasteiger partial charge in [-0.1, -0.05) is 18.2 Å². The van der Waals surface area contributed by atoms with Gasteiger partial charge in [0, 0.05) is 25.3 Å². The number of hydrogen-bond acceptors (Lipinski definition) is 3. The highest BCUT2D eigenvalue weighted by atomic mass is 19.4. The van der Waals surface area contributed by atoms with Crippen molar-refractivity contribution in [2.75, 3.05) is 37.7 Å². The van der Waals surface area contributed by atoms with Gasteiger partial charge in [-0.2, -0.15) is 13.2 Å². The van der Waals surface area contributed by atoms with E-state index in [-0.39, 0.29) is 38.6 Å². The van der Waals surface area contributed by atoms with E-state index in [1.54, 1.807) is 17.0 Å². The van der Waals surface area contributed by atoms with Crippen LogP contribution in [0, 0.1) is 5.92 Å². The molecule has 1 atom stereocenters. The van der Waals surface area contributed by atoms with Gasteiger partial charge in [0.2, 0.25) is 5.91 Å². The highest BCUT2D eigenvalue weighted by molar-refractivity contribution is 5.81. The van der Waals surface area contributed by atoms with Gasteiger partial charge >= 0.3 is 6.18 Å². The molecule has 0 aromatic heterocycles. The van der Waals surface area contributed by atoms with Crippen LogP contribution in [-0.4, -0.2) is 54.9 Å². The summed E-state index contributed by atoms with van der Waals surface area (Å²) in [7, 11) is 0. The number of benzene rings is 1. The summed E-state index contributed by atoms with van der Waals surface area (Å²) in [6, 6.07) is 9.06. The Morgan fingerprint density at radius 2 is 2.00 bits per heavy atom. The third-order valence-corrected chi connectivity index (χ3v) is 4.05. The first-order valence-corrected chi connectivity index (χ1v) is 7.67. The van der Waals surface area contributed by atoms with Gasteiger partial charge in [-0.25, -0.2) is 0 Å². The largest absolute Gasteiger partial charge is 0.395 e. The average Bonchev–Trinajstić information content (AvgIpc) is 2.54. The molecule has 1 fully saturated rings. The molecule has 1 amide bonds. The van der Waals surface area contributed by atoms with E-state index in [0.29, 0.717) is 13.0 Å². The quantitative estimate of drug-likeness (QED) is 0.901. The zero-order chi connectivity index (χ0) is 16.9. The second kappa shape index (κ2) is 7.68. The molecule has 128 valence electrons. The van der Waals surface area contributed by atoms with Gasteiger partial charge in [-0.3, -0.25) is 4.79 Å². The van der Waals surface area contributed by atoms with Crippen LogP contribution in [0.2, 0.25) is 0 Å². The molecule has 0 bridgehead atoms. The monoisotopic (exact) mass is 330 g/mol. The Hall–Kier alpha value is -1.76. The summed E-state index contributed by atoms with van der Waals surface area (Å²) in [6.07, 6.45) is -3.82. The van der Waals surface area contributed by atoms with E-state index in [0.717, 1.165) is 5.69 Å². The summed E-state index contributed by atoms with van der Waals surface area (Å²) in [6.45, 7) is 0.173. The van der Waals surface area contributed by atoms with Gasteiger partial charge < -0.3 is 14.9 Å². The van der Waals surface area contributed by atoms with Crippen molar-refractivity contribution in [1.29, 1.82) is 0 Å². The minimum Gasteiger partial charge on any atom is -0.395 e. The smallest absolute Gasteiger partial charge is 0.393 e. The van der Waals surface area contributed by atoms with Gasteiger partial charge in [-0.15, -0.1) is 0 Å². The van der Waals surface area contributed by atoms with Crippen LogP contribution < -0.4 is 4.90 Å². The molecule has 1 aliphatic heterocycles. The summed E-state index contributed by atoms with van der Waals surface area (Å²) < 4.78 is 38.5. The van der Waals surface area contributed by atoms with Crippen molar-refractivity contribution in [2.24, 2.45) is 5.92 Å². The summed E-state index contributed by atoms with van der Waals surface area (Å²) in [5.41, 5.74) is 0.763. The number of aliphatic hydroxyl groups excluding tert-OH is 1. The van der Waals surface area contributed by atoms with E-state index in [9.17, 15) is 18.0 Å². The molecule has 4 nitrogen and oxygen atoms in total. The molecule has 0 aliphatic carbocycles. The van der Waals surface area contributed by atoms with Crippen molar-refractivity contribution < 1.29 is 23.1 Å². The van der Waals surface area contributed by atoms with Crippen molar-refractivity contribution in [3.63, 3.8) is 0 Å². The van der Waals surface area contributed by atoms with E-state index >= 15 is 0 Å². The molecular formula is C16H21F3N2O2. The standard InChI is InChI=1S/C16H21F3N2O2/c17-16(18,19)13-5-4-8-21(11-13)15(23)12-20(9-10-22)14-6-2-1-3-7-14/h1-3,6-7,13,22H,4-5,8-12H2. The fourth-order valence-corrected chi connectivity index (χ4v) is 2.79. The number of piperidine rings is 1. The van der Waals surface area contributed by atoms with Crippen LogP contribution in [0.4, 0.5) is 18.9 Å². The number of alkyl halides is 3. The first kappa shape index (κ1) is 17.6. The lowest BCUT2D eigenvalue weighted by atomic mass is 9.97. The third-order valence-electron chi connectivity index (χ3n) is 4.05. The number of nitrogens with zero attached hydrogens (tertiary/aromatic N) is 2. The molecule has 23 heavy (non-hydrogen) atoms. The Labute approximate surface area is 133 Å². The molecule has 1 saturated heterocycles. The molecular weight excluding hydrogens is 309 g/mol. The number of anilines is 1. The van der Waals surface area contributed by atoms with Gasteiger partial charge in [0.25, 0.3) is 0 Å². The maximum absolute atomic E-state index is 12.8. The average molecular weight is 330 g/mol. The molecule has 1 aromatic carbocycles. The van der Waals surface area contributed by atoms with Crippen molar-refractivity contribution in [1.82, 2.24) is 4.90 Å². The van der Waals surface area contributed by atoms with Crippen LogP contribution in [-0.2, 0) is 4.79 Å². The number of aliphatic hydroxyl groups is 1. The molecule has 0 radical (unpaired) electrons. The maximum atomic E-state index is 12.8. The van der Waals surface area contributed by atoms with Gasteiger partial charge in [0.15, 0.2) is 0 Å². The highest BCUT2D eigenvalue weighted by Crippen LogP contribution is 2.33. The molecule has 7 heteroatoms. The number of halogens is 3. The van der Waals surface area contributed by atoms with Crippen LogP contribution in [0.1, 0.15) is 12.8 Å². The van der Waals surface area contributed by atoms with E-state index < -0.39 is 12.1 Å². The van der Waals surface area contributed by atoms with Crippen molar-refractivity contribution in [3.05, 3.63) is 30.3 Å². The maximum Gasteiger partial charge on any atom is 0.393 e. The molecule has 1 heterocycles. The number of carbonyl (C=O) groups is 1. The lowest BCUT2D eigenvalue weighted by Gasteiger charge is -2.35. The second-order valence-corrected chi connectivity index (χ2v) is 5.70. The number of hydrogen-bond donors (Lipinski definition) is 1. The van der Waals surface area contributed by atoms with Crippen LogP contribution >= 0.6 is 0 Å². The Kier molecular flexibility index (Phi) is 5.87. The number of carbonyl (C=O) groups excluding carboxylic acids is 1. The molecule has 2 rings (SSSR count). The van der Waals surface area contributed by atoms with Gasteiger partial charge in [0.05, 0.1) is 19.1 Å². The first-order chi connectivity index (χ1) is 10.9. The van der Waals surface area contributed by atoms with Crippen molar-refractivity contribution >= 4 is 11.6 Å². The lowest BCUT2D eigenvalue weighted by molar-refractivity contribution is -0.187. The molecule has 0 saturated carbocycles. The van der Waals surface area contributed by atoms with Gasteiger partial charge in [-0.05, 0) is 25.0 Å². The van der Waals surface area contributed by atoms with Crippen LogP contribution in [0.15, 0.2) is 30.3 Å². The van der Waals surface area contributed by atoms with Gasteiger partial charge in [0.1, 0.15) is 0 Å². The van der Waals surface area contributed by atoms with E-state index in [1.807, 2.05) is 18.2 Å². The van der Waals surface area contributed by atoms with Crippen LogP contribution in [0.5, 0.6) is 0 Å². The number of rotatable bonds is 5. The van der Waals surface area contributed by atoms with E-state index in [1.165, 1.54) is 4.90 Å². The van der Waals surface area contributed by atoms with E-state index in [2.05, 4.69) is 0 Å². The molecule has 1 N–H and O–H groups in total. The minimum absolute atomic E-state index is 0.0326. The Balaban J connectivity index is 2.01. The lowest BCUT2D eigenvalue weighted by Crippen LogP contribution is -2.48. The number of para-hydroxylation sites is 1. The Bertz CT molecular complexity index is 508.